The largest absolute Gasteiger partial charge is 0.303 e. The fourth-order valence-electron chi connectivity index (χ4n) is 1.97. The topological polar surface area (TPSA) is 29.0 Å². The molecule has 0 saturated carbocycles. The van der Waals surface area contributed by atoms with Gasteiger partial charge in [0.2, 0.25) is 0 Å². The van der Waals surface area contributed by atoms with Crippen LogP contribution in [0.5, 0.6) is 0 Å². The zero-order valence-corrected chi connectivity index (χ0v) is 13.3. The van der Waals surface area contributed by atoms with Crippen LogP contribution in [0, 0.1) is 0 Å². The third-order valence-electron chi connectivity index (χ3n) is 3.18. The third-order valence-corrected chi connectivity index (χ3v) is 3.79. The molecule has 0 aliphatic heterocycles. The van der Waals surface area contributed by atoms with Gasteiger partial charge in [-0.3, -0.25) is 0 Å². The predicted molar refractivity (Wildman–Crippen MR) is 80.2 cm³/mol. The molecule has 18 heavy (non-hydrogen) atoms. The van der Waals surface area contributed by atoms with Crippen LogP contribution in [0.2, 0.25) is 0 Å². The van der Waals surface area contributed by atoms with E-state index in [9.17, 15) is 0 Å². The standard InChI is InChI=1S/C14H24BrN3/c1-4-7-13-12(10-15)11-16-14(17-13)8-9-18(5-2)6-3/h11H,4-10H2,1-3H3. The summed E-state index contributed by atoms with van der Waals surface area (Å²) in [6.45, 7) is 9.82. The first-order valence-corrected chi connectivity index (χ1v) is 7.99. The SMILES string of the molecule is CCCc1nc(CCN(CC)CC)ncc1CBr. The van der Waals surface area contributed by atoms with Crippen molar-refractivity contribution in [2.24, 2.45) is 0 Å². The van der Waals surface area contributed by atoms with Gasteiger partial charge in [0.15, 0.2) is 0 Å². The molecular weight excluding hydrogens is 290 g/mol. The number of hydrogen-bond acceptors (Lipinski definition) is 3. The van der Waals surface area contributed by atoms with Gasteiger partial charge >= 0.3 is 0 Å². The van der Waals surface area contributed by atoms with Crippen molar-refractivity contribution in [3.8, 4) is 0 Å². The highest BCUT2D eigenvalue weighted by molar-refractivity contribution is 9.08. The van der Waals surface area contributed by atoms with Gasteiger partial charge in [0.25, 0.3) is 0 Å². The Morgan fingerprint density at radius 1 is 1.17 bits per heavy atom. The van der Waals surface area contributed by atoms with E-state index in [4.69, 9.17) is 4.98 Å². The average Bonchev–Trinajstić information content (AvgIpc) is 2.40. The van der Waals surface area contributed by atoms with E-state index in [-0.39, 0.29) is 0 Å². The van der Waals surface area contributed by atoms with Crippen molar-refractivity contribution in [2.45, 2.75) is 45.4 Å². The summed E-state index contributed by atoms with van der Waals surface area (Å²) in [5, 5.41) is 0.846. The molecular formula is C14H24BrN3. The van der Waals surface area contributed by atoms with E-state index in [0.717, 1.165) is 50.1 Å². The Labute approximate surface area is 119 Å². The minimum Gasteiger partial charge on any atom is -0.303 e. The maximum absolute atomic E-state index is 4.71. The zero-order chi connectivity index (χ0) is 13.4. The molecule has 102 valence electrons. The molecule has 4 heteroatoms. The second-order valence-corrected chi connectivity index (χ2v) is 4.98. The lowest BCUT2D eigenvalue weighted by Crippen LogP contribution is -2.26. The molecule has 0 atom stereocenters. The van der Waals surface area contributed by atoms with Gasteiger partial charge in [-0.15, -0.1) is 0 Å². The average molecular weight is 314 g/mol. The second-order valence-electron chi connectivity index (χ2n) is 4.42. The summed E-state index contributed by atoms with van der Waals surface area (Å²) in [5.41, 5.74) is 2.43. The molecule has 0 bridgehead atoms. The molecule has 3 nitrogen and oxygen atoms in total. The molecule has 0 fully saturated rings. The summed E-state index contributed by atoms with van der Waals surface area (Å²) in [7, 11) is 0. The molecule has 1 heterocycles. The van der Waals surface area contributed by atoms with Crippen molar-refractivity contribution in [3.05, 3.63) is 23.3 Å². The van der Waals surface area contributed by atoms with Gasteiger partial charge in [0, 0.05) is 35.7 Å². The van der Waals surface area contributed by atoms with E-state index in [2.05, 4.69) is 46.6 Å². The van der Waals surface area contributed by atoms with E-state index < -0.39 is 0 Å². The summed E-state index contributed by atoms with van der Waals surface area (Å²) in [6, 6.07) is 0. The smallest absolute Gasteiger partial charge is 0.129 e. The Morgan fingerprint density at radius 2 is 1.89 bits per heavy atom. The minimum absolute atomic E-state index is 0.846. The van der Waals surface area contributed by atoms with E-state index >= 15 is 0 Å². The highest BCUT2D eigenvalue weighted by Gasteiger charge is 2.07. The molecule has 0 unspecified atom stereocenters. The van der Waals surface area contributed by atoms with Crippen molar-refractivity contribution < 1.29 is 0 Å². The van der Waals surface area contributed by atoms with Gasteiger partial charge < -0.3 is 4.90 Å². The van der Waals surface area contributed by atoms with E-state index in [1.54, 1.807) is 0 Å². The normalized spacial score (nSPS) is 11.2. The Hall–Kier alpha value is -0.480. The zero-order valence-electron chi connectivity index (χ0n) is 11.7. The lowest BCUT2D eigenvalue weighted by atomic mass is 10.1. The van der Waals surface area contributed by atoms with Crippen LogP contribution in [0.4, 0.5) is 0 Å². The van der Waals surface area contributed by atoms with Gasteiger partial charge in [-0.2, -0.15) is 0 Å². The summed E-state index contributed by atoms with van der Waals surface area (Å²) in [6.07, 6.45) is 5.10. The van der Waals surface area contributed by atoms with Crippen LogP contribution in [0.1, 0.15) is 44.3 Å². The van der Waals surface area contributed by atoms with Crippen molar-refractivity contribution >= 4 is 15.9 Å². The van der Waals surface area contributed by atoms with Crippen molar-refractivity contribution in [1.29, 1.82) is 0 Å². The predicted octanol–water partition coefficient (Wildman–Crippen LogP) is 3.21. The Kier molecular flexibility index (Phi) is 7.44. The van der Waals surface area contributed by atoms with Gasteiger partial charge in [0.05, 0.1) is 0 Å². The van der Waals surface area contributed by atoms with Crippen molar-refractivity contribution in [3.63, 3.8) is 0 Å². The second kappa shape index (κ2) is 8.59. The third kappa shape index (κ3) is 4.65. The van der Waals surface area contributed by atoms with E-state index in [1.807, 2.05) is 6.20 Å². The first-order valence-electron chi connectivity index (χ1n) is 6.87. The van der Waals surface area contributed by atoms with Crippen LogP contribution in [0.15, 0.2) is 6.20 Å². The molecule has 0 aliphatic rings. The van der Waals surface area contributed by atoms with Gasteiger partial charge in [-0.05, 0) is 19.5 Å². The van der Waals surface area contributed by atoms with Gasteiger partial charge in [-0.1, -0.05) is 43.1 Å². The number of halogens is 1. The molecule has 0 amide bonds. The van der Waals surface area contributed by atoms with Crippen LogP contribution in [0.3, 0.4) is 0 Å². The monoisotopic (exact) mass is 313 g/mol. The first-order chi connectivity index (χ1) is 8.74. The summed E-state index contributed by atoms with van der Waals surface area (Å²) in [5.74, 6) is 0.982. The van der Waals surface area contributed by atoms with Crippen LogP contribution in [0.25, 0.3) is 0 Å². The lowest BCUT2D eigenvalue weighted by molar-refractivity contribution is 0.305. The van der Waals surface area contributed by atoms with Crippen LogP contribution < -0.4 is 0 Å². The van der Waals surface area contributed by atoms with Crippen molar-refractivity contribution in [1.82, 2.24) is 14.9 Å². The molecule has 1 rings (SSSR count). The van der Waals surface area contributed by atoms with Crippen molar-refractivity contribution in [2.75, 3.05) is 19.6 Å². The van der Waals surface area contributed by atoms with Gasteiger partial charge in [-0.25, -0.2) is 9.97 Å². The number of nitrogens with zero attached hydrogens (tertiary/aromatic N) is 3. The molecule has 0 radical (unpaired) electrons. The summed E-state index contributed by atoms with van der Waals surface area (Å²) in [4.78, 5) is 11.6. The Bertz CT molecular complexity index is 351. The molecule has 0 aromatic carbocycles. The fraction of sp³-hybridized carbons (Fsp3) is 0.714. The lowest BCUT2D eigenvalue weighted by Gasteiger charge is -2.17. The molecule has 0 aliphatic carbocycles. The quantitative estimate of drug-likeness (QED) is 0.690. The first kappa shape index (κ1) is 15.6. The van der Waals surface area contributed by atoms with Gasteiger partial charge in [0.1, 0.15) is 5.82 Å². The van der Waals surface area contributed by atoms with Crippen LogP contribution in [-0.2, 0) is 18.2 Å². The number of aryl methyl sites for hydroxylation is 1. The fourth-order valence-corrected chi connectivity index (χ4v) is 2.44. The van der Waals surface area contributed by atoms with E-state index in [1.165, 1.54) is 11.3 Å². The number of aromatic nitrogens is 2. The number of hydrogen-bond donors (Lipinski definition) is 0. The number of likely N-dealkylation sites (N-methyl/N-ethyl adjacent to an activating group) is 1. The minimum atomic E-state index is 0.846. The van der Waals surface area contributed by atoms with Crippen LogP contribution in [-0.4, -0.2) is 34.5 Å². The Morgan fingerprint density at radius 3 is 2.44 bits per heavy atom. The maximum Gasteiger partial charge on any atom is 0.129 e. The number of rotatable bonds is 8. The number of alkyl halides is 1. The summed E-state index contributed by atoms with van der Waals surface area (Å²) < 4.78 is 0. The van der Waals surface area contributed by atoms with E-state index in [0.29, 0.717) is 0 Å². The highest BCUT2D eigenvalue weighted by atomic mass is 79.9. The highest BCUT2D eigenvalue weighted by Crippen LogP contribution is 2.12. The molecule has 0 saturated heterocycles. The van der Waals surface area contributed by atoms with Crippen LogP contribution >= 0.6 is 15.9 Å². The summed E-state index contributed by atoms with van der Waals surface area (Å²) >= 11 is 3.50. The molecule has 1 aromatic heterocycles. The molecule has 0 spiro atoms. The molecule has 1 aromatic rings. The Balaban J connectivity index is 2.69. The molecule has 0 N–H and O–H groups in total. The maximum atomic E-state index is 4.71.